The molecular formula is C17H21N3O3S. The number of fused-ring (bicyclic) bond motifs is 1. The zero-order chi connectivity index (χ0) is 17.2. The van der Waals surface area contributed by atoms with Crippen LogP contribution in [-0.2, 0) is 22.8 Å². The number of benzene rings is 1. The molecule has 0 saturated carbocycles. The fraction of sp³-hybridized carbons (Fsp3) is 0.412. The summed E-state index contributed by atoms with van der Waals surface area (Å²) in [7, 11) is -3.25. The summed E-state index contributed by atoms with van der Waals surface area (Å²) in [6.07, 6.45) is 5.95. The Morgan fingerprint density at radius 3 is 2.79 bits per heavy atom. The number of nitrogens with one attached hydrogen (secondary N) is 1. The van der Waals surface area contributed by atoms with Gasteiger partial charge in [0, 0.05) is 37.0 Å². The maximum Gasteiger partial charge on any atom is 0.251 e. The van der Waals surface area contributed by atoms with Gasteiger partial charge in [-0.25, -0.2) is 13.4 Å². The van der Waals surface area contributed by atoms with Crippen LogP contribution < -0.4 is 5.32 Å². The molecule has 0 spiro atoms. The van der Waals surface area contributed by atoms with Gasteiger partial charge in [0.2, 0.25) is 0 Å². The first kappa shape index (κ1) is 16.7. The van der Waals surface area contributed by atoms with Crippen LogP contribution in [0.4, 0.5) is 0 Å². The normalized spacial score (nSPS) is 17.3. The van der Waals surface area contributed by atoms with Crippen LogP contribution in [0.1, 0.15) is 35.9 Å². The van der Waals surface area contributed by atoms with Gasteiger partial charge in [0.05, 0.1) is 10.6 Å². The van der Waals surface area contributed by atoms with E-state index in [0.29, 0.717) is 18.5 Å². The molecule has 1 aliphatic heterocycles. The van der Waals surface area contributed by atoms with Crippen molar-refractivity contribution < 1.29 is 13.2 Å². The van der Waals surface area contributed by atoms with Crippen molar-refractivity contribution in [1.29, 1.82) is 0 Å². The average Bonchev–Trinajstić information content (AvgIpc) is 3.02. The van der Waals surface area contributed by atoms with Gasteiger partial charge in [0.25, 0.3) is 5.91 Å². The Morgan fingerprint density at radius 2 is 2.08 bits per heavy atom. The molecule has 7 heteroatoms. The maximum atomic E-state index is 12.4. The molecule has 3 rings (SSSR count). The standard InChI is InChI=1S/C17H21N3O3S/c1-2-11-24(22,23)15-6-3-13(4-7-15)17(21)19-14-5-8-16-18-9-10-20(16)12-14/h3-4,6-7,9-10,14H,2,5,8,11-12H2,1H3,(H,19,21)/t14-/m1/s1. The number of aromatic nitrogens is 2. The van der Waals surface area contributed by atoms with Crippen molar-refractivity contribution in [3.05, 3.63) is 48.0 Å². The van der Waals surface area contributed by atoms with Crippen LogP contribution in [0, 0.1) is 0 Å². The predicted octanol–water partition coefficient (Wildman–Crippen LogP) is 1.81. The number of carbonyl (C=O) groups is 1. The molecule has 2 heterocycles. The molecule has 128 valence electrons. The molecule has 0 fully saturated rings. The van der Waals surface area contributed by atoms with Gasteiger partial charge >= 0.3 is 0 Å². The average molecular weight is 347 g/mol. The van der Waals surface area contributed by atoms with E-state index >= 15 is 0 Å². The van der Waals surface area contributed by atoms with E-state index in [9.17, 15) is 13.2 Å². The van der Waals surface area contributed by atoms with Crippen LogP contribution in [0.3, 0.4) is 0 Å². The van der Waals surface area contributed by atoms with E-state index in [1.54, 1.807) is 18.3 Å². The summed E-state index contributed by atoms with van der Waals surface area (Å²) >= 11 is 0. The number of aryl methyl sites for hydroxylation is 1. The number of sulfone groups is 1. The third-order valence-electron chi connectivity index (χ3n) is 4.22. The first-order chi connectivity index (χ1) is 11.5. The molecule has 1 aromatic carbocycles. The number of amides is 1. The summed E-state index contributed by atoms with van der Waals surface area (Å²) in [4.78, 5) is 16.9. The zero-order valence-electron chi connectivity index (χ0n) is 13.6. The third kappa shape index (κ3) is 3.51. The van der Waals surface area contributed by atoms with Crippen LogP contribution in [-0.4, -0.2) is 35.7 Å². The van der Waals surface area contributed by atoms with E-state index in [0.717, 1.165) is 18.7 Å². The molecule has 6 nitrogen and oxygen atoms in total. The summed E-state index contributed by atoms with van der Waals surface area (Å²) in [5, 5.41) is 3.01. The van der Waals surface area contributed by atoms with E-state index < -0.39 is 9.84 Å². The fourth-order valence-electron chi connectivity index (χ4n) is 2.95. The van der Waals surface area contributed by atoms with Crippen molar-refractivity contribution in [1.82, 2.24) is 14.9 Å². The van der Waals surface area contributed by atoms with E-state index in [1.807, 2.05) is 13.1 Å². The molecule has 0 bridgehead atoms. The van der Waals surface area contributed by atoms with Crippen LogP contribution in [0.25, 0.3) is 0 Å². The molecule has 1 aliphatic rings. The quantitative estimate of drug-likeness (QED) is 0.894. The second-order valence-electron chi connectivity index (χ2n) is 6.05. The van der Waals surface area contributed by atoms with Crippen molar-refractivity contribution in [3.8, 4) is 0 Å². The topological polar surface area (TPSA) is 81.1 Å². The van der Waals surface area contributed by atoms with Crippen molar-refractivity contribution in [3.63, 3.8) is 0 Å². The van der Waals surface area contributed by atoms with Crippen LogP contribution in [0.15, 0.2) is 41.6 Å². The Balaban J connectivity index is 1.66. The lowest BCUT2D eigenvalue weighted by atomic mass is 10.1. The number of imidazole rings is 1. The molecule has 1 N–H and O–H groups in total. The second-order valence-corrected chi connectivity index (χ2v) is 8.16. The Labute approximate surface area is 141 Å². The molecule has 0 aliphatic carbocycles. The molecule has 1 amide bonds. The van der Waals surface area contributed by atoms with Gasteiger partial charge in [-0.1, -0.05) is 6.92 Å². The number of carbonyl (C=O) groups excluding carboxylic acids is 1. The van der Waals surface area contributed by atoms with E-state index in [1.165, 1.54) is 12.1 Å². The van der Waals surface area contributed by atoms with E-state index in [-0.39, 0.29) is 22.6 Å². The summed E-state index contributed by atoms with van der Waals surface area (Å²) in [6.45, 7) is 2.54. The minimum absolute atomic E-state index is 0.0581. The summed E-state index contributed by atoms with van der Waals surface area (Å²) in [5.74, 6) is 0.988. The maximum absolute atomic E-state index is 12.4. The van der Waals surface area contributed by atoms with Crippen LogP contribution in [0.2, 0.25) is 0 Å². The van der Waals surface area contributed by atoms with Gasteiger partial charge in [-0.3, -0.25) is 4.79 Å². The van der Waals surface area contributed by atoms with Crippen molar-refractivity contribution in [2.24, 2.45) is 0 Å². The number of hydrogen-bond donors (Lipinski definition) is 1. The SMILES string of the molecule is CCCS(=O)(=O)c1ccc(C(=O)N[C@@H]2CCc3nccn3C2)cc1. The molecule has 0 radical (unpaired) electrons. The largest absolute Gasteiger partial charge is 0.347 e. The lowest BCUT2D eigenvalue weighted by molar-refractivity contribution is 0.0927. The number of rotatable bonds is 5. The second kappa shape index (κ2) is 6.76. The van der Waals surface area contributed by atoms with Gasteiger partial charge in [-0.2, -0.15) is 0 Å². The van der Waals surface area contributed by atoms with Gasteiger partial charge in [0.1, 0.15) is 5.82 Å². The molecular weight excluding hydrogens is 326 g/mol. The fourth-order valence-corrected chi connectivity index (χ4v) is 4.28. The summed E-state index contributed by atoms with van der Waals surface area (Å²) in [6, 6.07) is 6.22. The van der Waals surface area contributed by atoms with Crippen LogP contribution >= 0.6 is 0 Å². The van der Waals surface area contributed by atoms with Gasteiger partial charge in [-0.05, 0) is 37.1 Å². The Bertz CT molecular complexity index is 825. The lowest BCUT2D eigenvalue weighted by Gasteiger charge is -2.24. The molecule has 1 aromatic heterocycles. The predicted molar refractivity (Wildman–Crippen MR) is 90.6 cm³/mol. The van der Waals surface area contributed by atoms with Gasteiger partial charge in [0.15, 0.2) is 9.84 Å². The Morgan fingerprint density at radius 1 is 1.33 bits per heavy atom. The molecule has 1 atom stereocenters. The number of hydrogen-bond acceptors (Lipinski definition) is 4. The zero-order valence-corrected chi connectivity index (χ0v) is 14.4. The molecule has 2 aromatic rings. The van der Waals surface area contributed by atoms with Crippen molar-refractivity contribution in [2.45, 2.75) is 43.7 Å². The Hall–Kier alpha value is -2.15. The highest BCUT2D eigenvalue weighted by Crippen LogP contribution is 2.16. The monoisotopic (exact) mass is 347 g/mol. The summed E-state index contributed by atoms with van der Waals surface area (Å²) in [5.41, 5.74) is 0.474. The highest BCUT2D eigenvalue weighted by Gasteiger charge is 2.21. The van der Waals surface area contributed by atoms with E-state index in [4.69, 9.17) is 0 Å². The third-order valence-corrected chi connectivity index (χ3v) is 6.15. The first-order valence-electron chi connectivity index (χ1n) is 8.13. The van der Waals surface area contributed by atoms with Crippen molar-refractivity contribution >= 4 is 15.7 Å². The van der Waals surface area contributed by atoms with E-state index in [2.05, 4.69) is 14.9 Å². The van der Waals surface area contributed by atoms with Gasteiger partial charge in [-0.15, -0.1) is 0 Å². The molecule has 24 heavy (non-hydrogen) atoms. The smallest absolute Gasteiger partial charge is 0.251 e. The van der Waals surface area contributed by atoms with Gasteiger partial charge < -0.3 is 9.88 Å². The van der Waals surface area contributed by atoms with Crippen molar-refractivity contribution in [2.75, 3.05) is 5.75 Å². The minimum Gasteiger partial charge on any atom is -0.347 e. The highest BCUT2D eigenvalue weighted by molar-refractivity contribution is 7.91. The lowest BCUT2D eigenvalue weighted by Crippen LogP contribution is -2.40. The Kier molecular flexibility index (Phi) is 4.71. The molecule has 0 unspecified atom stereocenters. The minimum atomic E-state index is -3.25. The summed E-state index contributed by atoms with van der Waals surface area (Å²) < 4.78 is 26.1. The highest BCUT2D eigenvalue weighted by atomic mass is 32.2. The first-order valence-corrected chi connectivity index (χ1v) is 9.78. The molecule has 0 saturated heterocycles. The van der Waals surface area contributed by atoms with Crippen LogP contribution in [0.5, 0.6) is 0 Å². The number of nitrogens with zero attached hydrogens (tertiary/aromatic N) is 2.